The topological polar surface area (TPSA) is 137 Å². The standard InChI is InChI=1S/C12H14BrClN2O8S/c1-3-6(24-25(2,21)22)9-7(17)8(18)11(23-9)15-4-5(13)10(19)16(14)12(15)20/h3-4,6-9,11,17-18H,1H2,2H3/t6?,7-,8+,9+,11+/m0/s1. The SMILES string of the molecule is C=CC(OS(C)(=O)=O)[C@H]1O[C@@H](n2cc(Br)c(=O)n(Cl)c2=O)[C@H](O)[C@@H]1O. The third-order valence-corrected chi connectivity index (χ3v) is 4.83. The summed E-state index contributed by atoms with van der Waals surface area (Å²) >= 11 is 8.50. The van der Waals surface area contributed by atoms with E-state index < -0.39 is 52.0 Å². The first-order chi connectivity index (χ1) is 11.5. The Morgan fingerprint density at radius 1 is 1.44 bits per heavy atom. The second kappa shape index (κ2) is 7.31. The molecule has 0 bridgehead atoms. The van der Waals surface area contributed by atoms with Gasteiger partial charge in [0, 0.05) is 18.0 Å². The lowest BCUT2D eigenvalue weighted by Crippen LogP contribution is -2.41. The van der Waals surface area contributed by atoms with Crippen LogP contribution in [-0.4, -0.2) is 58.0 Å². The Bertz CT molecular complexity index is 897. The third kappa shape index (κ3) is 4.05. The summed E-state index contributed by atoms with van der Waals surface area (Å²) in [6, 6.07) is 0. The largest absolute Gasteiger partial charge is 0.387 e. The summed E-state index contributed by atoms with van der Waals surface area (Å²) in [5.41, 5.74) is -1.84. The van der Waals surface area contributed by atoms with Crippen molar-refractivity contribution in [2.45, 2.75) is 30.6 Å². The zero-order chi connectivity index (χ0) is 19.1. The molecule has 1 aliphatic heterocycles. The van der Waals surface area contributed by atoms with Crippen molar-refractivity contribution < 1.29 is 27.6 Å². The summed E-state index contributed by atoms with van der Waals surface area (Å²) < 4.78 is 33.7. The molecule has 140 valence electrons. The van der Waals surface area contributed by atoms with Crippen LogP contribution in [0.4, 0.5) is 0 Å². The van der Waals surface area contributed by atoms with Crippen LogP contribution in [0.1, 0.15) is 6.23 Å². The van der Waals surface area contributed by atoms with E-state index in [2.05, 4.69) is 22.5 Å². The van der Waals surface area contributed by atoms with Gasteiger partial charge in [-0.05, 0) is 15.9 Å². The minimum Gasteiger partial charge on any atom is -0.387 e. The van der Waals surface area contributed by atoms with Gasteiger partial charge in [0.15, 0.2) is 6.23 Å². The van der Waals surface area contributed by atoms with E-state index in [4.69, 9.17) is 20.7 Å². The van der Waals surface area contributed by atoms with Gasteiger partial charge in [0.05, 0.1) is 6.26 Å². The molecule has 0 aromatic carbocycles. The van der Waals surface area contributed by atoms with Crippen molar-refractivity contribution in [2.24, 2.45) is 0 Å². The summed E-state index contributed by atoms with van der Waals surface area (Å²) in [6.07, 6.45) is -4.42. The van der Waals surface area contributed by atoms with E-state index in [1.54, 1.807) is 0 Å². The zero-order valence-electron chi connectivity index (χ0n) is 12.7. The van der Waals surface area contributed by atoms with Gasteiger partial charge in [-0.1, -0.05) is 6.08 Å². The monoisotopic (exact) mass is 460 g/mol. The van der Waals surface area contributed by atoms with Gasteiger partial charge in [-0.15, -0.1) is 6.58 Å². The van der Waals surface area contributed by atoms with E-state index in [1.165, 1.54) is 0 Å². The molecule has 10 nitrogen and oxygen atoms in total. The van der Waals surface area contributed by atoms with E-state index in [-0.39, 0.29) is 8.56 Å². The minimum absolute atomic E-state index is 0.0940. The zero-order valence-corrected chi connectivity index (χ0v) is 15.8. The highest BCUT2D eigenvalue weighted by molar-refractivity contribution is 9.10. The first kappa shape index (κ1) is 20.3. The molecule has 13 heteroatoms. The number of rotatable bonds is 5. The Balaban J connectivity index is 2.42. The molecule has 1 aliphatic rings. The van der Waals surface area contributed by atoms with E-state index in [1.807, 2.05) is 0 Å². The molecule has 0 amide bonds. The van der Waals surface area contributed by atoms with Gasteiger partial charge in [-0.2, -0.15) is 12.5 Å². The molecule has 0 spiro atoms. The fourth-order valence-corrected chi connectivity index (χ4v) is 3.58. The van der Waals surface area contributed by atoms with Crippen molar-refractivity contribution in [3.05, 3.63) is 44.2 Å². The molecule has 25 heavy (non-hydrogen) atoms. The molecule has 0 radical (unpaired) electrons. The second-order valence-corrected chi connectivity index (χ2v) is 8.02. The number of ether oxygens (including phenoxy) is 1. The fourth-order valence-electron chi connectivity index (χ4n) is 2.31. The predicted octanol–water partition coefficient (Wildman–Crippen LogP) is -1.08. The Morgan fingerprint density at radius 3 is 2.56 bits per heavy atom. The Hall–Kier alpha value is -1.02. The molecule has 1 unspecified atom stereocenters. The van der Waals surface area contributed by atoms with Crippen molar-refractivity contribution in [1.82, 2.24) is 8.65 Å². The Kier molecular flexibility index (Phi) is 5.93. The van der Waals surface area contributed by atoms with Crippen LogP contribution >= 0.6 is 27.7 Å². The maximum absolute atomic E-state index is 12.1. The smallest absolute Gasteiger partial charge is 0.348 e. The average molecular weight is 462 g/mol. The number of halogens is 2. The first-order valence-corrected chi connectivity index (χ1v) is 9.65. The number of aliphatic hydroxyl groups excluding tert-OH is 2. The Morgan fingerprint density at radius 2 is 2.04 bits per heavy atom. The highest BCUT2D eigenvalue weighted by atomic mass is 79.9. The van der Waals surface area contributed by atoms with Gasteiger partial charge in [-0.25, -0.2) is 4.79 Å². The molecule has 2 heterocycles. The lowest BCUT2D eigenvalue weighted by molar-refractivity contribution is -0.0659. The predicted molar refractivity (Wildman–Crippen MR) is 89.8 cm³/mol. The van der Waals surface area contributed by atoms with Gasteiger partial charge in [-0.3, -0.25) is 13.5 Å². The van der Waals surface area contributed by atoms with E-state index in [9.17, 15) is 28.2 Å². The lowest BCUT2D eigenvalue weighted by Gasteiger charge is -2.21. The summed E-state index contributed by atoms with van der Waals surface area (Å²) in [5, 5.41) is 20.3. The summed E-state index contributed by atoms with van der Waals surface area (Å²) in [7, 11) is -3.91. The lowest BCUT2D eigenvalue weighted by atomic mass is 10.1. The van der Waals surface area contributed by atoms with E-state index >= 15 is 0 Å². The number of hydrogen-bond donors (Lipinski definition) is 2. The van der Waals surface area contributed by atoms with Crippen LogP contribution in [0.3, 0.4) is 0 Å². The van der Waals surface area contributed by atoms with Crippen molar-refractivity contribution in [3.63, 3.8) is 0 Å². The van der Waals surface area contributed by atoms with Gasteiger partial charge >= 0.3 is 5.69 Å². The molecular formula is C12H14BrClN2O8S. The van der Waals surface area contributed by atoms with Gasteiger partial charge in [0.25, 0.3) is 15.7 Å². The summed E-state index contributed by atoms with van der Waals surface area (Å²) in [6.45, 7) is 3.40. The van der Waals surface area contributed by atoms with Crippen LogP contribution in [0, 0.1) is 0 Å². The quantitative estimate of drug-likeness (QED) is 0.417. The Labute approximate surface area is 155 Å². The molecule has 0 aliphatic carbocycles. The minimum atomic E-state index is -3.91. The molecule has 5 atom stereocenters. The molecule has 2 rings (SSSR count). The fraction of sp³-hybridized carbons (Fsp3) is 0.500. The van der Waals surface area contributed by atoms with E-state index in [0.717, 1.165) is 23.1 Å². The average Bonchev–Trinajstić information content (AvgIpc) is 2.81. The highest BCUT2D eigenvalue weighted by Crippen LogP contribution is 2.32. The van der Waals surface area contributed by atoms with Crippen LogP contribution in [-0.2, 0) is 19.0 Å². The van der Waals surface area contributed by atoms with Crippen molar-refractivity contribution in [2.75, 3.05) is 6.26 Å². The first-order valence-electron chi connectivity index (χ1n) is 6.70. The number of hydrogen-bond acceptors (Lipinski definition) is 8. The second-order valence-electron chi connectivity index (χ2n) is 5.23. The normalized spacial score (nSPS) is 28.0. The maximum Gasteiger partial charge on any atom is 0.348 e. The third-order valence-electron chi connectivity index (χ3n) is 3.42. The van der Waals surface area contributed by atoms with Gasteiger partial charge < -0.3 is 14.9 Å². The number of aliphatic hydroxyl groups is 2. The van der Waals surface area contributed by atoms with Crippen LogP contribution in [0.5, 0.6) is 0 Å². The van der Waals surface area contributed by atoms with Crippen LogP contribution in [0.25, 0.3) is 0 Å². The van der Waals surface area contributed by atoms with Crippen LogP contribution in [0.15, 0.2) is 32.9 Å². The molecule has 1 aromatic heterocycles. The van der Waals surface area contributed by atoms with Crippen molar-refractivity contribution in [3.8, 4) is 0 Å². The number of nitrogens with zero attached hydrogens (tertiary/aromatic N) is 2. The molecule has 1 fully saturated rings. The van der Waals surface area contributed by atoms with E-state index in [0.29, 0.717) is 0 Å². The van der Waals surface area contributed by atoms with Crippen LogP contribution in [0.2, 0.25) is 0 Å². The summed E-state index contributed by atoms with van der Waals surface area (Å²) in [5.74, 6) is 0. The molecule has 0 saturated carbocycles. The van der Waals surface area contributed by atoms with Crippen LogP contribution < -0.4 is 11.2 Å². The van der Waals surface area contributed by atoms with Gasteiger partial charge in [0.1, 0.15) is 28.9 Å². The van der Waals surface area contributed by atoms with Crippen molar-refractivity contribution in [1.29, 1.82) is 0 Å². The maximum atomic E-state index is 12.1. The molecule has 1 saturated heterocycles. The highest BCUT2D eigenvalue weighted by Gasteiger charge is 2.48. The number of aromatic nitrogens is 2. The molecule has 2 N–H and O–H groups in total. The molecular weight excluding hydrogens is 448 g/mol. The van der Waals surface area contributed by atoms with Crippen molar-refractivity contribution >= 4 is 37.8 Å². The summed E-state index contributed by atoms with van der Waals surface area (Å²) in [4.78, 5) is 23.7. The van der Waals surface area contributed by atoms with Gasteiger partial charge in [0.2, 0.25) is 0 Å². The molecule has 1 aromatic rings.